The molecule has 0 radical (unpaired) electrons. The Morgan fingerprint density at radius 1 is 1.48 bits per heavy atom. The molecule has 1 aromatic heterocycles. The maximum absolute atomic E-state index is 12.2. The summed E-state index contributed by atoms with van der Waals surface area (Å²) in [5.74, 6) is 0.230. The molecule has 5 nitrogen and oxygen atoms in total. The smallest absolute Gasteiger partial charge is 0.341 e. The summed E-state index contributed by atoms with van der Waals surface area (Å²) < 4.78 is 10.8. The van der Waals surface area contributed by atoms with E-state index in [0.717, 1.165) is 10.4 Å². The van der Waals surface area contributed by atoms with Gasteiger partial charge in [0.2, 0.25) is 5.91 Å². The molecule has 2 heterocycles. The SMILES string of the molecule is COC(=O)c1c(NC(=O)CCCCl)sc2c1C[C@@H](C(C)C)OC2. The molecule has 1 aromatic rings. The average molecular weight is 360 g/mol. The first-order chi connectivity index (χ1) is 11.0. The van der Waals surface area contributed by atoms with E-state index in [-0.39, 0.29) is 12.0 Å². The van der Waals surface area contributed by atoms with Crippen molar-refractivity contribution in [3.05, 3.63) is 16.0 Å². The lowest BCUT2D eigenvalue weighted by atomic mass is 9.94. The van der Waals surface area contributed by atoms with E-state index in [1.54, 1.807) is 0 Å². The van der Waals surface area contributed by atoms with E-state index in [4.69, 9.17) is 21.1 Å². The van der Waals surface area contributed by atoms with Crippen molar-refractivity contribution in [3.63, 3.8) is 0 Å². The number of hydrogen-bond donors (Lipinski definition) is 1. The highest BCUT2D eigenvalue weighted by atomic mass is 35.5. The zero-order chi connectivity index (χ0) is 17.0. The molecule has 1 N–H and O–H groups in total. The van der Waals surface area contributed by atoms with Crippen molar-refractivity contribution in [2.24, 2.45) is 5.92 Å². The maximum Gasteiger partial charge on any atom is 0.341 e. The van der Waals surface area contributed by atoms with Crippen molar-refractivity contribution >= 4 is 39.8 Å². The van der Waals surface area contributed by atoms with Crippen LogP contribution in [0.5, 0.6) is 0 Å². The fourth-order valence-electron chi connectivity index (χ4n) is 2.54. The van der Waals surface area contributed by atoms with Gasteiger partial charge in [0, 0.05) is 23.6 Å². The molecule has 0 saturated carbocycles. The molecule has 0 aromatic carbocycles. The van der Waals surface area contributed by atoms with Crippen LogP contribution in [0.15, 0.2) is 0 Å². The lowest BCUT2D eigenvalue weighted by molar-refractivity contribution is -0.116. The second kappa shape index (κ2) is 8.13. The minimum absolute atomic E-state index is 0.0697. The molecule has 0 aliphatic carbocycles. The fraction of sp³-hybridized carbons (Fsp3) is 0.625. The molecule has 0 fully saturated rings. The second-order valence-corrected chi connectivity index (χ2v) is 7.32. The Balaban J connectivity index is 2.29. The molecule has 2 rings (SSSR count). The van der Waals surface area contributed by atoms with Gasteiger partial charge < -0.3 is 14.8 Å². The summed E-state index contributed by atoms with van der Waals surface area (Å²) in [5, 5.41) is 3.38. The van der Waals surface area contributed by atoms with Crippen LogP contribution in [0, 0.1) is 5.92 Å². The van der Waals surface area contributed by atoms with Crippen molar-refractivity contribution in [1.82, 2.24) is 0 Å². The van der Waals surface area contributed by atoms with Crippen LogP contribution in [-0.2, 0) is 27.3 Å². The number of thiophene rings is 1. The van der Waals surface area contributed by atoms with Crippen LogP contribution in [0.1, 0.15) is 47.5 Å². The van der Waals surface area contributed by atoms with Gasteiger partial charge in [-0.05, 0) is 17.9 Å². The molecule has 1 amide bonds. The Morgan fingerprint density at radius 2 is 2.22 bits per heavy atom. The van der Waals surface area contributed by atoms with E-state index in [1.165, 1.54) is 18.4 Å². The Kier molecular flexibility index (Phi) is 6.44. The van der Waals surface area contributed by atoms with Crippen molar-refractivity contribution in [2.75, 3.05) is 18.3 Å². The topological polar surface area (TPSA) is 64.6 Å². The van der Waals surface area contributed by atoms with Crippen molar-refractivity contribution in [1.29, 1.82) is 0 Å². The fourth-order valence-corrected chi connectivity index (χ4v) is 3.83. The largest absolute Gasteiger partial charge is 0.465 e. The Labute approximate surface area is 145 Å². The molecule has 0 spiro atoms. The van der Waals surface area contributed by atoms with Crippen LogP contribution in [0.25, 0.3) is 0 Å². The van der Waals surface area contributed by atoms with E-state index < -0.39 is 5.97 Å². The second-order valence-electron chi connectivity index (χ2n) is 5.84. The third kappa shape index (κ3) is 4.25. The van der Waals surface area contributed by atoms with Crippen molar-refractivity contribution < 1.29 is 19.1 Å². The number of ether oxygens (including phenoxy) is 2. The number of hydrogen-bond acceptors (Lipinski definition) is 5. The van der Waals surface area contributed by atoms with Gasteiger partial charge in [-0.3, -0.25) is 4.79 Å². The lowest BCUT2D eigenvalue weighted by Crippen LogP contribution is -2.27. The molecule has 128 valence electrons. The number of methoxy groups -OCH3 is 1. The molecule has 0 unspecified atom stereocenters. The number of halogens is 1. The molecular weight excluding hydrogens is 338 g/mol. The quantitative estimate of drug-likeness (QED) is 0.622. The molecule has 1 aliphatic heterocycles. The number of anilines is 1. The van der Waals surface area contributed by atoms with E-state index in [2.05, 4.69) is 19.2 Å². The van der Waals surface area contributed by atoms with E-state index >= 15 is 0 Å². The van der Waals surface area contributed by atoms with Crippen LogP contribution < -0.4 is 5.32 Å². The number of amides is 1. The van der Waals surface area contributed by atoms with Gasteiger partial charge in [0.15, 0.2) is 0 Å². The lowest BCUT2D eigenvalue weighted by Gasteiger charge is -2.26. The predicted molar refractivity (Wildman–Crippen MR) is 91.4 cm³/mol. The highest BCUT2D eigenvalue weighted by Crippen LogP contribution is 2.39. The third-order valence-corrected chi connectivity index (χ3v) is 5.24. The van der Waals surface area contributed by atoms with Crippen LogP contribution >= 0.6 is 22.9 Å². The normalized spacial score (nSPS) is 17.0. The molecule has 1 aliphatic rings. The first-order valence-corrected chi connectivity index (χ1v) is 9.03. The van der Waals surface area contributed by atoms with Crippen molar-refractivity contribution in [2.45, 2.75) is 45.8 Å². The first-order valence-electron chi connectivity index (χ1n) is 7.68. The number of alkyl halides is 1. The minimum atomic E-state index is -0.417. The third-order valence-electron chi connectivity index (χ3n) is 3.85. The summed E-state index contributed by atoms with van der Waals surface area (Å²) >= 11 is 7.00. The van der Waals surface area contributed by atoms with E-state index in [9.17, 15) is 9.59 Å². The van der Waals surface area contributed by atoms with Crippen LogP contribution in [0.2, 0.25) is 0 Å². The molecule has 7 heteroatoms. The van der Waals surface area contributed by atoms with Crippen LogP contribution in [0.4, 0.5) is 5.00 Å². The highest BCUT2D eigenvalue weighted by Gasteiger charge is 2.31. The number of rotatable bonds is 6. The van der Waals surface area contributed by atoms with Gasteiger partial charge in [0.1, 0.15) is 5.00 Å². The molecule has 1 atom stereocenters. The number of nitrogens with one attached hydrogen (secondary N) is 1. The predicted octanol–water partition coefficient (Wildman–Crippen LogP) is 3.59. The van der Waals surface area contributed by atoms with Gasteiger partial charge >= 0.3 is 5.97 Å². The average Bonchev–Trinajstić information content (AvgIpc) is 2.88. The standard InChI is InChI=1S/C16H22ClNO4S/c1-9(2)11-7-10-12(8-22-11)23-15(14(10)16(20)21-3)18-13(19)5-4-6-17/h9,11H,4-8H2,1-3H3,(H,18,19)/t11-/m0/s1. The minimum Gasteiger partial charge on any atom is -0.465 e. The number of carbonyl (C=O) groups is 2. The summed E-state index contributed by atoms with van der Waals surface area (Å²) in [6.45, 7) is 4.65. The summed E-state index contributed by atoms with van der Waals surface area (Å²) in [7, 11) is 1.35. The van der Waals surface area contributed by atoms with E-state index in [0.29, 0.717) is 48.2 Å². The summed E-state index contributed by atoms with van der Waals surface area (Å²) in [6, 6.07) is 0. The molecular formula is C16H22ClNO4S. The van der Waals surface area contributed by atoms with Crippen LogP contribution in [0.3, 0.4) is 0 Å². The van der Waals surface area contributed by atoms with Gasteiger partial charge in [-0.1, -0.05) is 13.8 Å². The number of carbonyl (C=O) groups excluding carboxylic acids is 2. The zero-order valence-electron chi connectivity index (χ0n) is 13.6. The maximum atomic E-state index is 12.2. The summed E-state index contributed by atoms with van der Waals surface area (Å²) in [6.07, 6.45) is 1.66. The van der Waals surface area contributed by atoms with E-state index in [1.807, 2.05) is 0 Å². The first kappa shape index (κ1) is 18.2. The molecule has 0 bridgehead atoms. The van der Waals surface area contributed by atoms with Crippen molar-refractivity contribution in [3.8, 4) is 0 Å². The Hall–Kier alpha value is -1.11. The molecule has 0 saturated heterocycles. The highest BCUT2D eigenvalue weighted by molar-refractivity contribution is 7.17. The van der Waals surface area contributed by atoms with Gasteiger partial charge in [0.25, 0.3) is 0 Å². The van der Waals surface area contributed by atoms with Gasteiger partial charge in [-0.2, -0.15) is 0 Å². The summed E-state index contributed by atoms with van der Waals surface area (Å²) in [5.41, 5.74) is 1.42. The monoisotopic (exact) mass is 359 g/mol. The number of esters is 1. The van der Waals surface area contributed by atoms with Gasteiger partial charge in [-0.25, -0.2) is 4.79 Å². The number of fused-ring (bicyclic) bond motifs is 1. The van der Waals surface area contributed by atoms with Crippen LogP contribution in [-0.4, -0.2) is 31.0 Å². The zero-order valence-corrected chi connectivity index (χ0v) is 15.2. The van der Waals surface area contributed by atoms with Gasteiger partial charge in [-0.15, -0.1) is 22.9 Å². The summed E-state index contributed by atoms with van der Waals surface area (Å²) in [4.78, 5) is 25.2. The molecule has 23 heavy (non-hydrogen) atoms. The Morgan fingerprint density at radius 3 is 2.83 bits per heavy atom. The van der Waals surface area contributed by atoms with Gasteiger partial charge in [0.05, 0.1) is 25.4 Å². The Bertz CT molecular complexity index is 585.